The Bertz CT molecular complexity index is 502. The summed E-state index contributed by atoms with van der Waals surface area (Å²) in [4.78, 5) is 4.47. The van der Waals surface area contributed by atoms with Gasteiger partial charge >= 0.3 is 0 Å². The van der Waals surface area contributed by atoms with E-state index in [1.165, 1.54) is 11.1 Å². The third-order valence-electron chi connectivity index (χ3n) is 3.41. The molecule has 0 aromatic heterocycles. The first-order valence-electron chi connectivity index (χ1n) is 6.05. The molecule has 1 heterocycles. The molecule has 0 saturated heterocycles. The first-order valence-corrected chi connectivity index (χ1v) is 6.05. The Balaban J connectivity index is 1.93. The molecule has 1 heteroatoms. The van der Waals surface area contributed by atoms with Crippen LogP contribution in [0.3, 0.4) is 0 Å². The lowest BCUT2D eigenvalue weighted by molar-refractivity contribution is 0.703. The summed E-state index contributed by atoms with van der Waals surface area (Å²) < 4.78 is 0. The number of hydrogen-bond acceptors (Lipinski definition) is 1. The second-order valence-corrected chi connectivity index (χ2v) is 4.47. The van der Waals surface area contributed by atoms with E-state index in [1.54, 1.807) is 0 Å². The van der Waals surface area contributed by atoms with Crippen LogP contribution in [0.1, 0.15) is 23.0 Å². The molecule has 0 radical (unpaired) electrons. The van der Waals surface area contributed by atoms with Gasteiger partial charge in [0.05, 0.1) is 0 Å². The zero-order valence-electron chi connectivity index (χ0n) is 9.66. The van der Waals surface area contributed by atoms with Gasteiger partial charge in [-0.15, -0.1) is 0 Å². The Morgan fingerprint density at radius 3 is 2.00 bits per heavy atom. The number of benzene rings is 2. The monoisotopic (exact) mass is 221 g/mol. The van der Waals surface area contributed by atoms with E-state index in [0.29, 0.717) is 11.8 Å². The van der Waals surface area contributed by atoms with E-state index >= 15 is 0 Å². The summed E-state index contributed by atoms with van der Waals surface area (Å²) >= 11 is 0. The fourth-order valence-corrected chi connectivity index (χ4v) is 2.51. The maximum atomic E-state index is 4.47. The van der Waals surface area contributed by atoms with Crippen molar-refractivity contribution in [1.29, 1.82) is 0 Å². The first-order chi connectivity index (χ1) is 8.45. The molecule has 1 aliphatic heterocycles. The molecule has 0 bridgehead atoms. The normalized spacial score (nSPS) is 22.8. The third kappa shape index (κ3) is 2.01. The summed E-state index contributed by atoms with van der Waals surface area (Å²) in [6.07, 6.45) is 2.10. The van der Waals surface area contributed by atoms with E-state index in [1.807, 2.05) is 0 Å². The Labute approximate surface area is 102 Å². The fraction of sp³-hybridized carbons (Fsp3) is 0.188. The quantitative estimate of drug-likeness (QED) is 0.734. The van der Waals surface area contributed by atoms with E-state index in [0.717, 1.165) is 6.54 Å². The molecule has 17 heavy (non-hydrogen) atoms. The van der Waals surface area contributed by atoms with Crippen molar-refractivity contribution in [1.82, 2.24) is 0 Å². The minimum Gasteiger partial charge on any atom is -0.296 e. The highest BCUT2D eigenvalue weighted by Crippen LogP contribution is 2.35. The van der Waals surface area contributed by atoms with Gasteiger partial charge in [-0.25, -0.2) is 0 Å². The standard InChI is InChI=1S/C16H15N/c1-3-7-13(8-4-1)15-11-17-12-16(15)14-9-5-2-6-10-14/h1-11,15-16H,12H2. The SMILES string of the molecule is C1=NCC(c2ccccc2)C1c1ccccc1. The van der Waals surface area contributed by atoms with Crippen LogP contribution < -0.4 is 0 Å². The van der Waals surface area contributed by atoms with Crippen molar-refractivity contribution < 1.29 is 0 Å². The number of aliphatic imine (C=N–C) groups is 1. The van der Waals surface area contributed by atoms with Gasteiger partial charge in [0.15, 0.2) is 0 Å². The lowest BCUT2D eigenvalue weighted by Gasteiger charge is -2.18. The highest BCUT2D eigenvalue weighted by Gasteiger charge is 2.26. The van der Waals surface area contributed by atoms with E-state index in [4.69, 9.17) is 0 Å². The molecule has 0 fully saturated rings. The summed E-state index contributed by atoms with van der Waals surface area (Å²) in [5.41, 5.74) is 2.75. The van der Waals surface area contributed by atoms with Crippen LogP contribution >= 0.6 is 0 Å². The Morgan fingerprint density at radius 2 is 1.35 bits per heavy atom. The molecule has 0 saturated carbocycles. The smallest absolute Gasteiger partial charge is 0.0463 e. The average molecular weight is 221 g/mol. The second-order valence-electron chi connectivity index (χ2n) is 4.47. The minimum atomic E-state index is 0.429. The Kier molecular flexibility index (Phi) is 2.74. The largest absolute Gasteiger partial charge is 0.296 e. The number of nitrogens with zero attached hydrogens (tertiary/aromatic N) is 1. The van der Waals surface area contributed by atoms with Crippen molar-refractivity contribution in [3.63, 3.8) is 0 Å². The van der Waals surface area contributed by atoms with Crippen molar-refractivity contribution >= 4 is 6.21 Å². The van der Waals surface area contributed by atoms with E-state index in [2.05, 4.69) is 71.9 Å². The summed E-state index contributed by atoms with van der Waals surface area (Å²) in [6, 6.07) is 21.3. The predicted molar refractivity (Wildman–Crippen MR) is 71.7 cm³/mol. The van der Waals surface area contributed by atoms with Gasteiger partial charge in [-0.2, -0.15) is 0 Å². The van der Waals surface area contributed by atoms with Crippen LogP contribution in [0.15, 0.2) is 65.7 Å². The molecule has 0 aliphatic carbocycles. The first kappa shape index (κ1) is 10.3. The summed E-state index contributed by atoms with van der Waals surface area (Å²) in [7, 11) is 0. The molecule has 0 amide bonds. The molecule has 1 nitrogen and oxygen atoms in total. The van der Waals surface area contributed by atoms with E-state index < -0.39 is 0 Å². The van der Waals surface area contributed by atoms with Crippen LogP contribution in [0.4, 0.5) is 0 Å². The van der Waals surface area contributed by atoms with Crippen LogP contribution in [-0.4, -0.2) is 12.8 Å². The topological polar surface area (TPSA) is 12.4 Å². The molecule has 2 unspecified atom stereocenters. The molecule has 84 valence electrons. The van der Waals surface area contributed by atoms with Crippen molar-refractivity contribution in [2.45, 2.75) is 11.8 Å². The molecular weight excluding hydrogens is 206 g/mol. The van der Waals surface area contributed by atoms with Crippen LogP contribution in [-0.2, 0) is 0 Å². The van der Waals surface area contributed by atoms with Gasteiger partial charge in [0.1, 0.15) is 0 Å². The van der Waals surface area contributed by atoms with Gasteiger partial charge < -0.3 is 0 Å². The molecule has 2 aromatic carbocycles. The molecule has 0 N–H and O–H groups in total. The Hall–Kier alpha value is -1.89. The lowest BCUT2D eigenvalue weighted by atomic mass is 9.84. The highest BCUT2D eigenvalue weighted by molar-refractivity contribution is 5.72. The Morgan fingerprint density at radius 1 is 0.765 bits per heavy atom. The molecule has 1 aliphatic rings. The molecule has 2 atom stereocenters. The summed E-state index contributed by atoms with van der Waals surface area (Å²) in [6.45, 7) is 0.906. The molecule has 2 aromatic rings. The zero-order chi connectivity index (χ0) is 11.5. The van der Waals surface area contributed by atoms with Crippen LogP contribution in [0.25, 0.3) is 0 Å². The second kappa shape index (κ2) is 4.54. The van der Waals surface area contributed by atoms with Crippen molar-refractivity contribution in [3.8, 4) is 0 Å². The van der Waals surface area contributed by atoms with Crippen molar-refractivity contribution in [2.24, 2.45) is 4.99 Å². The molecular formula is C16H15N. The molecule has 0 spiro atoms. The van der Waals surface area contributed by atoms with Crippen LogP contribution in [0.5, 0.6) is 0 Å². The maximum Gasteiger partial charge on any atom is 0.0463 e. The van der Waals surface area contributed by atoms with Gasteiger partial charge in [0, 0.05) is 24.6 Å². The van der Waals surface area contributed by atoms with E-state index in [9.17, 15) is 0 Å². The molecule has 3 rings (SSSR count). The van der Waals surface area contributed by atoms with Gasteiger partial charge in [0.25, 0.3) is 0 Å². The predicted octanol–water partition coefficient (Wildman–Crippen LogP) is 3.64. The summed E-state index contributed by atoms with van der Waals surface area (Å²) in [5, 5.41) is 0. The van der Waals surface area contributed by atoms with Crippen LogP contribution in [0, 0.1) is 0 Å². The van der Waals surface area contributed by atoms with Gasteiger partial charge in [-0.1, -0.05) is 60.7 Å². The van der Waals surface area contributed by atoms with E-state index in [-0.39, 0.29) is 0 Å². The zero-order valence-corrected chi connectivity index (χ0v) is 9.66. The number of rotatable bonds is 2. The maximum absolute atomic E-state index is 4.47. The average Bonchev–Trinajstić information content (AvgIpc) is 2.90. The highest BCUT2D eigenvalue weighted by atomic mass is 14.8. The van der Waals surface area contributed by atoms with Gasteiger partial charge in [-0.3, -0.25) is 4.99 Å². The lowest BCUT2D eigenvalue weighted by Crippen LogP contribution is -2.09. The van der Waals surface area contributed by atoms with Gasteiger partial charge in [-0.05, 0) is 11.1 Å². The van der Waals surface area contributed by atoms with Crippen molar-refractivity contribution in [3.05, 3.63) is 71.8 Å². The van der Waals surface area contributed by atoms with Crippen molar-refractivity contribution in [2.75, 3.05) is 6.54 Å². The fourth-order valence-electron chi connectivity index (χ4n) is 2.51. The number of hydrogen-bond donors (Lipinski definition) is 0. The van der Waals surface area contributed by atoms with Crippen LogP contribution in [0.2, 0.25) is 0 Å². The third-order valence-corrected chi connectivity index (χ3v) is 3.41. The van der Waals surface area contributed by atoms with Gasteiger partial charge in [0.2, 0.25) is 0 Å². The summed E-state index contributed by atoms with van der Waals surface area (Å²) in [5.74, 6) is 0.928. The minimum absolute atomic E-state index is 0.429.